The number of piperidine rings is 1. The molecule has 0 aromatic carbocycles. The lowest BCUT2D eigenvalue weighted by Crippen LogP contribution is -2.40. The van der Waals surface area contributed by atoms with Gasteiger partial charge in [0.25, 0.3) is 0 Å². The average molecular weight is 144 g/mol. The van der Waals surface area contributed by atoms with E-state index in [2.05, 4.69) is 24.2 Å². The number of hydrogen-bond acceptors (Lipinski definition) is 2. The second-order valence-corrected chi connectivity index (χ2v) is 3.00. The largest absolute Gasteiger partial charge is 0.317 e. The summed E-state index contributed by atoms with van der Waals surface area (Å²) in [6, 6.07) is 0.780. The van der Waals surface area contributed by atoms with Crippen LogP contribution in [0.2, 0.25) is 0 Å². The Labute approximate surface area is 65.1 Å². The first-order valence-corrected chi connectivity index (χ1v) is 4.26. The van der Waals surface area contributed by atoms with E-state index in [0.29, 0.717) is 0 Å². The van der Waals surface area contributed by atoms with Crippen LogP contribution in [0.4, 0.5) is 0 Å². The summed E-state index contributed by atoms with van der Waals surface area (Å²) >= 11 is 0. The molecule has 10 heavy (non-hydrogen) atoms. The van der Waals surface area contributed by atoms with Crippen molar-refractivity contribution in [1.82, 2.24) is 10.2 Å². The first-order valence-electron chi connectivity index (χ1n) is 4.26. The lowest BCUT2D eigenvalue weighted by molar-refractivity contribution is 0.211. The van der Waals surface area contributed by atoms with Crippen LogP contribution in [0.25, 0.3) is 0 Å². The molecule has 0 saturated carbocycles. The van der Waals surface area contributed by atoms with Gasteiger partial charge < -0.3 is 10.2 Å². The maximum Gasteiger partial charge on any atom is 0.00884 e. The maximum atomic E-state index is 3.32. The van der Waals surface area contributed by atoms with E-state index in [0.717, 1.165) is 6.04 Å². The summed E-state index contributed by atoms with van der Waals surface area (Å²) in [4.78, 5) is 2.51. The predicted molar refractivity (Wildman–Crippen MR) is 46.3 cm³/mol. The fourth-order valence-electron chi connectivity index (χ4n) is 1.54. The maximum absolute atomic E-state index is 3.32. The van der Waals surface area contributed by atoms with Crippen LogP contribution in [0.3, 0.4) is 0 Å². The molecule has 0 aromatic heterocycles. The zero-order chi connectivity index (χ0) is 7.40. The summed E-state index contributed by atoms with van der Waals surface area (Å²) in [7, 11) is 2.06. The lowest BCUT2D eigenvalue weighted by atomic mass is 10.1. The van der Waals surface area contributed by atoms with Gasteiger partial charge in [-0.15, -0.1) is 0 Å². The summed E-state index contributed by atoms with van der Waals surface area (Å²) in [5.41, 5.74) is 0. The fraction of sp³-hybridized carbons (Fsp3) is 1.00. The third kappa shape index (κ3) is 1.96. The van der Waals surface area contributed by atoms with Gasteiger partial charge in [-0.25, -0.2) is 0 Å². The van der Waals surface area contributed by atoms with Crippen LogP contribution in [0.15, 0.2) is 0 Å². The van der Waals surface area contributed by atoms with Crippen molar-refractivity contribution in [3.63, 3.8) is 0 Å². The van der Waals surface area contributed by atoms with Crippen LogP contribution >= 0.6 is 0 Å². The van der Waals surface area contributed by atoms with Crippen LogP contribution in [0, 0.1) is 0 Å². The fourth-order valence-corrected chi connectivity index (χ4v) is 1.54. The molecule has 1 saturated heterocycles. The van der Waals surface area contributed by atoms with Crippen molar-refractivity contribution in [1.29, 1.82) is 0 Å². The SMILES string of the molecule is CCN1CCC(NC)CC1.[HH]. The standard InChI is InChI=1S/C8H18N2.H2/c1-3-10-6-4-8(9-2)5-7-10;/h8-9H,3-7H2,1-2H3;1H. The first-order chi connectivity index (χ1) is 4.86. The second kappa shape index (κ2) is 3.94. The molecular formula is C8H20N2. The van der Waals surface area contributed by atoms with E-state index < -0.39 is 0 Å². The van der Waals surface area contributed by atoms with Crippen LogP contribution in [-0.4, -0.2) is 37.6 Å². The minimum Gasteiger partial charge on any atom is -0.317 e. The van der Waals surface area contributed by atoms with E-state index in [4.69, 9.17) is 0 Å². The van der Waals surface area contributed by atoms with Gasteiger partial charge in [0.15, 0.2) is 0 Å². The summed E-state index contributed by atoms with van der Waals surface area (Å²) < 4.78 is 0. The molecule has 2 heteroatoms. The molecule has 0 unspecified atom stereocenters. The van der Waals surface area contributed by atoms with Crippen molar-refractivity contribution in [2.45, 2.75) is 25.8 Å². The van der Waals surface area contributed by atoms with Gasteiger partial charge in [0.1, 0.15) is 0 Å². The van der Waals surface area contributed by atoms with E-state index in [1.807, 2.05) is 0 Å². The molecule has 1 N–H and O–H groups in total. The molecule has 0 aliphatic carbocycles. The second-order valence-electron chi connectivity index (χ2n) is 3.00. The highest BCUT2D eigenvalue weighted by Gasteiger charge is 2.15. The molecule has 1 aliphatic heterocycles. The molecule has 0 atom stereocenters. The Kier molecular flexibility index (Phi) is 3.16. The number of nitrogens with zero attached hydrogens (tertiary/aromatic N) is 1. The highest BCUT2D eigenvalue weighted by Crippen LogP contribution is 2.08. The van der Waals surface area contributed by atoms with Gasteiger partial charge in [-0.3, -0.25) is 0 Å². The van der Waals surface area contributed by atoms with Gasteiger partial charge >= 0.3 is 0 Å². The van der Waals surface area contributed by atoms with E-state index >= 15 is 0 Å². The Hall–Kier alpha value is -0.0800. The molecule has 0 aromatic rings. The molecular weight excluding hydrogens is 124 g/mol. The van der Waals surface area contributed by atoms with Crippen LogP contribution < -0.4 is 5.32 Å². The van der Waals surface area contributed by atoms with Crippen molar-refractivity contribution in [2.24, 2.45) is 0 Å². The Morgan fingerprint density at radius 2 is 2.10 bits per heavy atom. The zero-order valence-electron chi connectivity index (χ0n) is 7.06. The van der Waals surface area contributed by atoms with Gasteiger partial charge in [0.2, 0.25) is 0 Å². The Morgan fingerprint density at radius 1 is 1.50 bits per heavy atom. The van der Waals surface area contributed by atoms with Crippen LogP contribution in [0.5, 0.6) is 0 Å². The van der Waals surface area contributed by atoms with Gasteiger partial charge in [-0.05, 0) is 39.5 Å². The highest BCUT2D eigenvalue weighted by atomic mass is 15.1. The summed E-state index contributed by atoms with van der Waals surface area (Å²) in [6.07, 6.45) is 2.65. The van der Waals surface area contributed by atoms with Crippen LogP contribution in [-0.2, 0) is 0 Å². The van der Waals surface area contributed by atoms with Crippen molar-refractivity contribution >= 4 is 0 Å². The third-order valence-corrected chi connectivity index (χ3v) is 2.44. The summed E-state index contributed by atoms with van der Waals surface area (Å²) in [5, 5.41) is 3.32. The average Bonchev–Trinajstić information content (AvgIpc) is 2.05. The first kappa shape index (κ1) is 8.02. The minimum atomic E-state index is 0. The van der Waals surface area contributed by atoms with Crippen molar-refractivity contribution in [3.05, 3.63) is 0 Å². The molecule has 62 valence electrons. The van der Waals surface area contributed by atoms with Crippen molar-refractivity contribution in [2.75, 3.05) is 26.7 Å². The molecule has 2 nitrogen and oxygen atoms in total. The van der Waals surface area contributed by atoms with E-state index in [1.54, 1.807) is 0 Å². The predicted octanol–water partition coefficient (Wildman–Crippen LogP) is 0.936. The minimum absolute atomic E-state index is 0. The number of hydrogen-bond donors (Lipinski definition) is 1. The summed E-state index contributed by atoms with van der Waals surface area (Å²) in [6.45, 7) is 6.01. The number of rotatable bonds is 2. The molecule has 0 spiro atoms. The Bertz CT molecular complexity index is 78.1. The van der Waals surface area contributed by atoms with E-state index in [1.165, 1.54) is 32.5 Å². The quantitative estimate of drug-likeness (QED) is 0.620. The molecule has 1 rings (SSSR count). The lowest BCUT2D eigenvalue weighted by Gasteiger charge is -2.30. The topological polar surface area (TPSA) is 15.3 Å². The van der Waals surface area contributed by atoms with E-state index in [9.17, 15) is 0 Å². The Balaban J connectivity index is 0.000001000. The highest BCUT2D eigenvalue weighted by molar-refractivity contribution is 4.74. The smallest absolute Gasteiger partial charge is 0.00884 e. The molecule has 0 radical (unpaired) electrons. The molecule has 0 amide bonds. The normalized spacial score (nSPS) is 23.4. The van der Waals surface area contributed by atoms with Gasteiger partial charge in [0.05, 0.1) is 0 Å². The number of nitrogens with one attached hydrogen (secondary N) is 1. The Morgan fingerprint density at radius 3 is 2.50 bits per heavy atom. The monoisotopic (exact) mass is 144 g/mol. The third-order valence-electron chi connectivity index (χ3n) is 2.44. The molecule has 1 aliphatic rings. The molecule has 0 bridgehead atoms. The molecule has 1 heterocycles. The van der Waals surface area contributed by atoms with Gasteiger partial charge in [0, 0.05) is 7.47 Å². The van der Waals surface area contributed by atoms with Gasteiger partial charge in [-0.2, -0.15) is 0 Å². The number of likely N-dealkylation sites (tertiary alicyclic amines) is 1. The zero-order valence-corrected chi connectivity index (χ0v) is 7.06. The van der Waals surface area contributed by atoms with E-state index in [-0.39, 0.29) is 1.43 Å². The van der Waals surface area contributed by atoms with Crippen molar-refractivity contribution < 1.29 is 1.43 Å². The summed E-state index contributed by atoms with van der Waals surface area (Å²) in [5.74, 6) is 0. The van der Waals surface area contributed by atoms with Gasteiger partial charge in [-0.1, -0.05) is 6.92 Å². The molecule has 1 fully saturated rings. The van der Waals surface area contributed by atoms with Crippen LogP contribution in [0.1, 0.15) is 21.2 Å². The van der Waals surface area contributed by atoms with Crippen molar-refractivity contribution in [3.8, 4) is 0 Å².